The van der Waals surface area contributed by atoms with Gasteiger partial charge in [0.2, 0.25) is 0 Å². The Morgan fingerprint density at radius 2 is 1.82 bits per heavy atom. The maximum atomic E-state index is 6.33. The minimum Gasteiger partial charge on any atom is -0.493 e. The average Bonchev–Trinajstić information content (AvgIpc) is 3.27. The number of hydrogen-bond acceptors (Lipinski definition) is 6. The van der Waals surface area contributed by atoms with E-state index >= 15 is 0 Å². The van der Waals surface area contributed by atoms with Crippen molar-refractivity contribution >= 4 is 34.0 Å². The van der Waals surface area contributed by atoms with Gasteiger partial charge in [0.1, 0.15) is 11.5 Å². The summed E-state index contributed by atoms with van der Waals surface area (Å²) in [5.41, 5.74) is 5.57. The molecular formula is C26H24ClN5O2. The first-order valence-electron chi connectivity index (χ1n) is 10.9. The number of hydrogen-bond donors (Lipinski definition) is 1. The third kappa shape index (κ3) is 4.10. The lowest BCUT2D eigenvalue weighted by Crippen LogP contribution is -2.08. The van der Waals surface area contributed by atoms with Crippen LogP contribution in [0.5, 0.6) is 11.5 Å². The fourth-order valence-corrected chi connectivity index (χ4v) is 4.24. The van der Waals surface area contributed by atoms with Crippen molar-refractivity contribution in [2.24, 2.45) is 0 Å². The zero-order valence-corrected chi connectivity index (χ0v) is 19.9. The molecule has 2 aromatic heterocycles. The molecule has 5 aromatic rings. The number of aromatic nitrogens is 4. The lowest BCUT2D eigenvalue weighted by Gasteiger charge is -2.12. The summed E-state index contributed by atoms with van der Waals surface area (Å²) in [6.45, 7) is 2.72. The fourth-order valence-electron chi connectivity index (χ4n) is 4.06. The molecule has 3 aromatic carbocycles. The van der Waals surface area contributed by atoms with Crippen molar-refractivity contribution in [2.75, 3.05) is 26.1 Å². The second-order valence-corrected chi connectivity index (χ2v) is 8.47. The third-order valence-corrected chi connectivity index (χ3v) is 5.99. The average molecular weight is 474 g/mol. The van der Waals surface area contributed by atoms with Crippen molar-refractivity contribution in [3.05, 3.63) is 76.8 Å². The molecule has 0 bridgehead atoms. The lowest BCUT2D eigenvalue weighted by molar-refractivity contribution is 0.354. The molecule has 0 unspecified atom stereocenters. The van der Waals surface area contributed by atoms with Gasteiger partial charge in [0.25, 0.3) is 0 Å². The second-order valence-electron chi connectivity index (χ2n) is 8.03. The van der Waals surface area contributed by atoms with Gasteiger partial charge in [0, 0.05) is 22.5 Å². The predicted octanol–water partition coefficient (Wildman–Crippen LogP) is 5.58. The van der Waals surface area contributed by atoms with Crippen molar-refractivity contribution in [1.82, 2.24) is 19.8 Å². The van der Waals surface area contributed by atoms with E-state index in [9.17, 15) is 0 Å². The fraction of sp³-hybridized carbons (Fsp3) is 0.192. The normalized spacial score (nSPS) is 11.2. The van der Waals surface area contributed by atoms with Gasteiger partial charge in [-0.2, -0.15) is 4.52 Å². The zero-order chi connectivity index (χ0) is 23.7. The van der Waals surface area contributed by atoms with Crippen LogP contribution in [-0.2, 0) is 6.42 Å². The molecule has 0 fully saturated rings. The molecule has 0 saturated carbocycles. The first-order chi connectivity index (χ1) is 16.6. The quantitative estimate of drug-likeness (QED) is 0.332. The van der Waals surface area contributed by atoms with Crippen molar-refractivity contribution in [3.8, 4) is 22.8 Å². The SMILES string of the molecule is COc1ccc(CCNc2nc3c(-c4cccc(C)c4)nnn3c3ccc(Cl)cc23)cc1OC. The molecule has 0 amide bonds. The predicted molar refractivity (Wildman–Crippen MR) is 135 cm³/mol. The second kappa shape index (κ2) is 9.19. The monoisotopic (exact) mass is 473 g/mol. The Morgan fingerprint density at radius 1 is 0.971 bits per heavy atom. The summed E-state index contributed by atoms with van der Waals surface area (Å²) >= 11 is 6.33. The molecule has 0 spiro atoms. The van der Waals surface area contributed by atoms with Crippen molar-refractivity contribution in [2.45, 2.75) is 13.3 Å². The van der Waals surface area contributed by atoms with Gasteiger partial charge in [0.05, 0.1) is 19.7 Å². The summed E-state index contributed by atoms with van der Waals surface area (Å²) < 4.78 is 12.5. The third-order valence-electron chi connectivity index (χ3n) is 5.75. The molecule has 34 heavy (non-hydrogen) atoms. The lowest BCUT2D eigenvalue weighted by atomic mass is 10.1. The number of nitrogens with zero attached hydrogens (tertiary/aromatic N) is 4. The Labute approximate surface area is 202 Å². The van der Waals surface area contributed by atoms with Crippen molar-refractivity contribution in [1.29, 1.82) is 0 Å². The molecule has 2 heterocycles. The molecular weight excluding hydrogens is 450 g/mol. The van der Waals surface area contributed by atoms with E-state index in [1.165, 1.54) is 0 Å². The molecule has 172 valence electrons. The zero-order valence-electron chi connectivity index (χ0n) is 19.2. The van der Waals surface area contributed by atoms with Crippen molar-refractivity contribution < 1.29 is 9.47 Å². The summed E-state index contributed by atoms with van der Waals surface area (Å²) in [7, 11) is 3.27. The van der Waals surface area contributed by atoms with E-state index in [1.807, 2.05) is 48.5 Å². The standard InChI is InChI=1S/C26H24ClN5O2/c1-16-5-4-6-18(13-16)24-26-29-25(20-15-19(27)8-9-21(20)32(26)31-30-24)28-12-11-17-7-10-22(33-2)23(14-17)34-3/h4-10,13-15H,11-12H2,1-3H3,(H,28,29). The number of ether oxygens (including phenoxy) is 2. The van der Waals surface area contributed by atoms with Crippen LogP contribution < -0.4 is 14.8 Å². The first-order valence-corrected chi connectivity index (χ1v) is 11.3. The topological polar surface area (TPSA) is 73.6 Å². The molecule has 0 saturated heterocycles. The van der Waals surface area contributed by atoms with Crippen LogP contribution in [0.3, 0.4) is 0 Å². The smallest absolute Gasteiger partial charge is 0.186 e. The number of benzene rings is 3. The van der Waals surface area contributed by atoms with Crippen molar-refractivity contribution in [3.63, 3.8) is 0 Å². The Balaban J connectivity index is 1.51. The largest absolute Gasteiger partial charge is 0.493 e. The maximum Gasteiger partial charge on any atom is 0.186 e. The summed E-state index contributed by atoms with van der Waals surface area (Å²) in [6.07, 6.45) is 0.775. The Bertz CT molecular complexity index is 1500. The van der Waals surface area contributed by atoms with E-state index in [0.717, 1.165) is 45.5 Å². The minimum atomic E-state index is 0.635. The highest BCUT2D eigenvalue weighted by Gasteiger charge is 2.16. The molecule has 1 N–H and O–H groups in total. The number of methoxy groups -OCH3 is 2. The van der Waals surface area contributed by atoms with Crippen LogP contribution in [0.15, 0.2) is 60.7 Å². The van der Waals surface area contributed by atoms with Crippen LogP contribution in [0.2, 0.25) is 5.02 Å². The van der Waals surface area contributed by atoms with Crippen LogP contribution >= 0.6 is 11.6 Å². The number of halogens is 1. The number of aryl methyl sites for hydroxylation is 1. The molecule has 8 heteroatoms. The van der Waals surface area contributed by atoms with Gasteiger partial charge in [-0.1, -0.05) is 46.6 Å². The molecule has 0 aliphatic heterocycles. The van der Waals surface area contributed by atoms with Gasteiger partial charge in [-0.25, -0.2) is 4.98 Å². The molecule has 0 aliphatic rings. The van der Waals surface area contributed by atoms with Gasteiger partial charge < -0.3 is 14.8 Å². The van der Waals surface area contributed by atoms with E-state index in [2.05, 4.69) is 34.7 Å². The van der Waals surface area contributed by atoms with Crippen LogP contribution in [0.25, 0.3) is 27.8 Å². The first kappa shape index (κ1) is 22.0. The van der Waals surface area contributed by atoms with Crippen LogP contribution in [0.1, 0.15) is 11.1 Å². The Kier molecular flexibility index (Phi) is 5.94. The highest BCUT2D eigenvalue weighted by Crippen LogP contribution is 2.31. The van der Waals surface area contributed by atoms with E-state index in [0.29, 0.717) is 28.7 Å². The summed E-state index contributed by atoms with van der Waals surface area (Å²) in [6, 6.07) is 19.8. The van der Waals surface area contributed by atoms with E-state index in [-0.39, 0.29) is 0 Å². The van der Waals surface area contributed by atoms with Gasteiger partial charge in [-0.3, -0.25) is 0 Å². The van der Waals surface area contributed by atoms with Crippen LogP contribution in [-0.4, -0.2) is 40.6 Å². The number of anilines is 1. The summed E-state index contributed by atoms with van der Waals surface area (Å²) in [5, 5.41) is 13.9. The summed E-state index contributed by atoms with van der Waals surface area (Å²) in [4.78, 5) is 4.93. The molecule has 0 atom stereocenters. The Hall–Kier alpha value is -3.84. The Morgan fingerprint density at radius 3 is 2.62 bits per heavy atom. The number of fused-ring (bicyclic) bond motifs is 3. The molecule has 7 nitrogen and oxygen atoms in total. The van der Waals surface area contributed by atoms with E-state index in [4.69, 9.17) is 26.1 Å². The van der Waals surface area contributed by atoms with Crippen LogP contribution in [0.4, 0.5) is 5.82 Å². The highest BCUT2D eigenvalue weighted by molar-refractivity contribution is 6.31. The van der Waals surface area contributed by atoms with Gasteiger partial charge >= 0.3 is 0 Å². The molecule has 0 aliphatic carbocycles. The number of rotatable bonds is 7. The van der Waals surface area contributed by atoms with E-state index < -0.39 is 0 Å². The minimum absolute atomic E-state index is 0.635. The van der Waals surface area contributed by atoms with E-state index in [1.54, 1.807) is 18.7 Å². The highest BCUT2D eigenvalue weighted by atomic mass is 35.5. The maximum absolute atomic E-state index is 6.33. The van der Waals surface area contributed by atoms with Gasteiger partial charge in [-0.05, 0) is 55.3 Å². The molecule has 0 radical (unpaired) electrons. The summed E-state index contributed by atoms with van der Waals surface area (Å²) in [5.74, 6) is 2.16. The van der Waals surface area contributed by atoms with Crippen LogP contribution in [0, 0.1) is 6.92 Å². The molecule has 5 rings (SSSR count). The number of nitrogens with one attached hydrogen (secondary N) is 1. The van der Waals surface area contributed by atoms with Gasteiger partial charge in [0.15, 0.2) is 17.1 Å². The van der Waals surface area contributed by atoms with Gasteiger partial charge in [-0.15, -0.1) is 5.10 Å².